The maximum Gasteiger partial charge on any atom is 0.273 e. The Morgan fingerprint density at radius 3 is 2.88 bits per heavy atom. The molecule has 1 amide bonds. The summed E-state index contributed by atoms with van der Waals surface area (Å²) in [5.41, 5.74) is 3.42. The molecule has 26 heavy (non-hydrogen) atoms. The van der Waals surface area contributed by atoms with Crippen molar-refractivity contribution in [2.75, 3.05) is 6.54 Å². The quantitative estimate of drug-likeness (QED) is 0.563. The molecule has 1 N–H and O–H groups in total. The van der Waals surface area contributed by atoms with Crippen molar-refractivity contribution >= 4 is 28.3 Å². The monoisotopic (exact) mass is 364 g/mol. The van der Waals surface area contributed by atoms with E-state index in [0.717, 1.165) is 27.2 Å². The first-order chi connectivity index (χ1) is 12.8. The number of hydrogen-bond donors (Lipinski definition) is 1. The summed E-state index contributed by atoms with van der Waals surface area (Å²) in [5.74, 6) is -0.0433. The molecule has 0 radical (unpaired) electrons. The second kappa shape index (κ2) is 7.09. The highest BCUT2D eigenvalue weighted by atomic mass is 32.1. The van der Waals surface area contributed by atoms with Crippen LogP contribution in [0.4, 0.5) is 0 Å². The summed E-state index contributed by atoms with van der Waals surface area (Å²) < 4.78 is 0. The number of nitrogens with one attached hydrogen (secondary N) is 1. The third kappa shape index (κ3) is 3.11. The fourth-order valence-electron chi connectivity index (χ4n) is 2.94. The van der Waals surface area contributed by atoms with Crippen LogP contribution in [-0.4, -0.2) is 32.3 Å². The van der Waals surface area contributed by atoms with Crippen molar-refractivity contribution < 1.29 is 6.22 Å². The molecule has 1 aromatic carbocycles. The number of benzene rings is 1. The van der Waals surface area contributed by atoms with E-state index in [1.54, 1.807) is 6.20 Å². The minimum absolute atomic E-state index is 0. The third-order valence-electron chi connectivity index (χ3n) is 4.30. The lowest BCUT2D eigenvalue weighted by Gasteiger charge is -2.19. The van der Waals surface area contributed by atoms with Crippen molar-refractivity contribution in [1.82, 2.24) is 19.9 Å². The highest BCUT2D eigenvalue weighted by Gasteiger charge is 2.19. The van der Waals surface area contributed by atoms with Gasteiger partial charge in [0.25, 0.3) is 5.91 Å². The minimum atomic E-state index is -0.0433. The van der Waals surface area contributed by atoms with Gasteiger partial charge in [-0.05, 0) is 24.6 Å². The maximum atomic E-state index is 12.9. The van der Waals surface area contributed by atoms with Crippen LogP contribution < -0.4 is 0 Å². The standard InChI is InChI=1S/C20H18N4OS.H2/c1-2-24(12-14-6-4-3-5-7-14)20(25)17-13-26-19(23-17)16-9-11-22-18-15(16)8-10-21-18;/h3-11,13H,2,12H2,1H3,(H,21,22);1H. The molecule has 0 fully saturated rings. The number of aromatic nitrogens is 3. The number of H-pyrrole nitrogens is 1. The van der Waals surface area contributed by atoms with Crippen molar-refractivity contribution in [2.45, 2.75) is 13.5 Å². The van der Waals surface area contributed by atoms with E-state index >= 15 is 0 Å². The van der Waals surface area contributed by atoms with Gasteiger partial charge in [-0.2, -0.15) is 0 Å². The number of carbonyl (C=O) groups excluding carboxylic acids is 1. The maximum absolute atomic E-state index is 12.9. The Morgan fingerprint density at radius 1 is 1.23 bits per heavy atom. The zero-order valence-corrected chi connectivity index (χ0v) is 15.2. The molecule has 0 saturated heterocycles. The average Bonchev–Trinajstić information content (AvgIpc) is 3.35. The Balaban J connectivity index is 0.00000210. The van der Waals surface area contributed by atoms with E-state index in [0.29, 0.717) is 18.8 Å². The van der Waals surface area contributed by atoms with E-state index in [-0.39, 0.29) is 7.33 Å². The number of aromatic amines is 1. The van der Waals surface area contributed by atoms with E-state index in [4.69, 9.17) is 0 Å². The molecule has 0 bridgehead atoms. The summed E-state index contributed by atoms with van der Waals surface area (Å²) in [5, 5.41) is 3.68. The fourth-order valence-corrected chi connectivity index (χ4v) is 3.77. The van der Waals surface area contributed by atoms with Gasteiger partial charge in [0.15, 0.2) is 0 Å². The van der Waals surface area contributed by atoms with Crippen LogP contribution in [0.2, 0.25) is 0 Å². The average molecular weight is 364 g/mol. The molecule has 0 aliphatic heterocycles. The van der Waals surface area contributed by atoms with Crippen LogP contribution in [0.25, 0.3) is 21.6 Å². The highest BCUT2D eigenvalue weighted by molar-refractivity contribution is 7.13. The lowest BCUT2D eigenvalue weighted by molar-refractivity contribution is 0.0747. The fraction of sp³-hybridized carbons (Fsp3) is 0.150. The topological polar surface area (TPSA) is 61.9 Å². The molecule has 3 aromatic heterocycles. The molecule has 0 aliphatic carbocycles. The van der Waals surface area contributed by atoms with Crippen LogP contribution >= 0.6 is 11.3 Å². The molecule has 0 spiro atoms. The number of hydrogen-bond acceptors (Lipinski definition) is 4. The molecule has 0 aliphatic rings. The zero-order chi connectivity index (χ0) is 17.9. The van der Waals surface area contributed by atoms with Crippen LogP contribution in [-0.2, 0) is 6.54 Å². The first-order valence-electron chi connectivity index (χ1n) is 8.47. The third-order valence-corrected chi connectivity index (χ3v) is 5.17. The van der Waals surface area contributed by atoms with E-state index in [1.165, 1.54) is 11.3 Å². The predicted molar refractivity (Wildman–Crippen MR) is 106 cm³/mol. The number of nitrogens with zero attached hydrogens (tertiary/aromatic N) is 3. The van der Waals surface area contributed by atoms with Crippen molar-refractivity contribution in [3.63, 3.8) is 0 Å². The van der Waals surface area contributed by atoms with E-state index in [9.17, 15) is 4.79 Å². The highest BCUT2D eigenvalue weighted by Crippen LogP contribution is 2.30. The Morgan fingerprint density at radius 2 is 2.08 bits per heavy atom. The van der Waals surface area contributed by atoms with E-state index in [2.05, 4.69) is 15.0 Å². The smallest absolute Gasteiger partial charge is 0.273 e. The van der Waals surface area contributed by atoms with Crippen LogP contribution in [0.1, 0.15) is 24.4 Å². The lowest BCUT2D eigenvalue weighted by atomic mass is 10.2. The first kappa shape index (κ1) is 16.5. The van der Waals surface area contributed by atoms with Gasteiger partial charge in [-0.15, -0.1) is 11.3 Å². The number of fused-ring (bicyclic) bond motifs is 1. The second-order valence-electron chi connectivity index (χ2n) is 5.94. The van der Waals surface area contributed by atoms with Gasteiger partial charge >= 0.3 is 0 Å². The number of amides is 1. The Bertz CT molecular complexity index is 1040. The summed E-state index contributed by atoms with van der Waals surface area (Å²) in [6.07, 6.45) is 3.62. The molecule has 6 heteroatoms. The molecule has 4 aromatic rings. The van der Waals surface area contributed by atoms with Crippen molar-refractivity contribution in [3.05, 3.63) is 71.5 Å². The van der Waals surface area contributed by atoms with Gasteiger partial charge in [-0.25, -0.2) is 9.97 Å². The van der Waals surface area contributed by atoms with Crippen molar-refractivity contribution in [1.29, 1.82) is 0 Å². The molecular formula is C20H20N4OS. The molecule has 4 rings (SSSR count). The SMILES string of the molecule is CCN(Cc1ccccc1)C(=O)c1csc(-c2ccnc3[nH]ccc23)n1.[HH]. The van der Waals surface area contributed by atoms with Gasteiger partial charge in [-0.3, -0.25) is 4.79 Å². The number of pyridine rings is 1. The molecule has 0 unspecified atom stereocenters. The van der Waals surface area contributed by atoms with Gasteiger partial charge in [0.2, 0.25) is 0 Å². The largest absolute Gasteiger partial charge is 0.346 e. The minimum Gasteiger partial charge on any atom is -0.346 e. The molecule has 3 heterocycles. The van der Waals surface area contributed by atoms with Crippen molar-refractivity contribution in [3.8, 4) is 10.6 Å². The second-order valence-corrected chi connectivity index (χ2v) is 6.80. The lowest BCUT2D eigenvalue weighted by Crippen LogP contribution is -2.30. The summed E-state index contributed by atoms with van der Waals surface area (Å²) >= 11 is 1.48. The van der Waals surface area contributed by atoms with Crippen LogP contribution in [0.15, 0.2) is 60.2 Å². The van der Waals surface area contributed by atoms with Crippen LogP contribution in [0.5, 0.6) is 0 Å². The Labute approximate surface area is 156 Å². The Kier molecular flexibility index (Phi) is 4.50. The Hall–Kier alpha value is -2.99. The van der Waals surface area contributed by atoms with Crippen LogP contribution in [0, 0.1) is 0 Å². The molecular weight excluding hydrogens is 344 g/mol. The van der Waals surface area contributed by atoms with Gasteiger partial charge in [0, 0.05) is 43.2 Å². The van der Waals surface area contributed by atoms with Crippen LogP contribution in [0.3, 0.4) is 0 Å². The molecule has 132 valence electrons. The van der Waals surface area contributed by atoms with Gasteiger partial charge in [0.1, 0.15) is 16.3 Å². The summed E-state index contributed by atoms with van der Waals surface area (Å²) in [6, 6.07) is 13.9. The van der Waals surface area contributed by atoms with Gasteiger partial charge in [-0.1, -0.05) is 30.3 Å². The summed E-state index contributed by atoms with van der Waals surface area (Å²) in [4.78, 5) is 26.7. The zero-order valence-electron chi connectivity index (χ0n) is 14.3. The van der Waals surface area contributed by atoms with Gasteiger partial charge < -0.3 is 9.88 Å². The van der Waals surface area contributed by atoms with E-state index < -0.39 is 0 Å². The van der Waals surface area contributed by atoms with Crippen molar-refractivity contribution in [2.24, 2.45) is 0 Å². The summed E-state index contributed by atoms with van der Waals surface area (Å²) in [7, 11) is 0. The molecule has 0 saturated carbocycles. The van der Waals surface area contributed by atoms with Gasteiger partial charge in [0.05, 0.1) is 0 Å². The first-order valence-corrected chi connectivity index (χ1v) is 9.35. The number of carbonyl (C=O) groups is 1. The van der Waals surface area contributed by atoms with E-state index in [1.807, 2.05) is 65.9 Å². The summed E-state index contributed by atoms with van der Waals surface area (Å²) in [6.45, 7) is 3.21. The molecule has 5 nitrogen and oxygen atoms in total. The predicted octanol–water partition coefficient (Wildman–Crippen LogP) is 4.59. The number of thiazole rings is 1. The number of rotatable bonds is 5. The normalized spacial score (nSPS) is 11.0. The molecule has 0 atom stereocenters.